The number of carbonyl (C=O) groups is 4. The van der Waals surface area contributed by atoms with Crippen LogP contribution in [0.3, 0.4) is 0 Å². The molecule has 0 atom stereocenters. The third kappa shape index (κ3) is 14.0. The summed E-state index contributed by atoms with van der Waals surface area (Å²) in [6.45, 7) is 15.1. The molecule has 0 fully saturated rings. The van der Waals surface area contributed by atoms with Crippen molar-refractivity contribution in [3.05, 3.63) is 12.7 Å². The van der Waals surface area contributed by atoms with Gasteiger partial charge < -0.3 is 9.47 Å². The molecule has 0 aliphatic rings. The molecule has 0 N–H and O–H groups in total. The van der Waals surface area contributed by atoms with Gasteiger partial charge in [-0.1, -0.05) is 13.0 Å². The Balaban J connectivity index is 4.80. The second kappa shape index (κ2) is 12.8. The standard InChI is InChI=1S/C21H36N2O8/c1-9-11-13-23(19(27)29-21(6,7)8)15-17(25)31-30-16(24)14-22(12-10-2)18(26)28-20(3,4)5/h9H,1,10-15H2,2-8H3. The number of rotatable bonds is 9. The number of hydrogen-bond donors (Lipinski definition) is 0. The summed E-state index contributed by atoms with van der Waals surface area (Å²) in [6, 6.07) is 0. The van der Waals surface area contributed by atoms with Gasteiger partial charge in [0.1, 0.15) is 24.3 Å². The quantitative estimate of drug-likeness (QED) is 0.302. The Morgan fingerprint density at radius 1 is 0.774 bits per heavy atom. The zero-order chi connectivity index (χ0) is 24.2. The third-order valence-electron chi connectivity index (χ3n) is 3.27. The van der Waals surface area contributed by atoms with Crippen molar-refractivity contribution in [2.24, 2.45) is 0 Å². The summed E-state index contributed by atoms with van der Waals surface area (Å²) >= 11 is 0. The third-order valence-corrected chi connectivity index (χ3v) is 3.27. The molecule has 0 heterocycles. The molecule has 31 heavy (non-hydrogen) atoms. The van der Waals surface area contributed by atoms with Crippen molar-refractivity contribution in [2.45, 2.75) is 72.5 Å². The van der Waals surface area contributed by atoms with E-state index in [1.165, 1.54) is 0 Å². The molecular weight excluding hydrogens is 408 g/mol. The molecule has 0 aromatic heterocycles. The topological polar surface area (TPSA) is 112 Å². The van der Waals surface area contributed by atoms with E-state index in [9.17, 15) is 19.2 Å². The van der Waals surface area contributed by atoms with Crippen molar-refractivity contribution < 1.29 is 38.4 Å². The van der Waals surface area contributed by atoms with Crippen LogP contribution >= 0.6 is 0 Å². The number of amides is 2. The largest absolute Gasteiger partial charge is 0.444 e. The van der Waals surface area contributed by atoms with Gasteiger partial charge >= 0.3 is 24.1 Å². The van der Waals surface area contributed by atoms with Crippen LogP contribution in [0.2, 0.25) is 0 Å². The smallest absolute Gasteiger partial charge is 0.410 e. The van der Waals surface area contributed by atoms with Crippen LogP contribution in [0.4, 0.5) is 9.59 Å². The zero-order valence-electron chi connectivity index (χ0n) is 19.7. The molecule has 0 aromatic rings. The maximum Gasteiger partial charge on any atom is 0.410 e. The molecule has 0 aromatic carbocycles. The van der Waals surface area contributed by atoms with Crippen LogP contribution in [-0.4, -0.2) is 71.3 Å². The second-order valence-corrected chi connectivity index (χ2v) is 8.79. The Kier molecular flexibility index (Phi) is 11.7. The highest BCUT2D eigenvalue weighted by Gasteiger charge is 2.27. The minimum atomic E-state index is -0.970. The van der Waals surface area contributed by atoms with E-state index in [2.05, 4.69) is 16.4 Å². The molecular formula is C21H36N2O8. The van der Waals surface area contributed by atoms with Gasteiger partial charge in [0.15, 0.2) is 0 Å². The number of ether oxygens (including phenoxy) is 2. The first kappa shape index (κ1) is 28.2. The molecule has 10 nitrogen and oxygen atoms in total. The van der Waals surface area contributed by atoms with Crippen molar-refractivity contribution in [2.75, 3.05) is 26.2 Å². The lowest BCUT2D eigenvalue weighted by atomic mass is 10.2. The van der Waals surface area contributed by atoms with Gasteiger partial charge in [-0.25, -0.2) is 29.0 Å². The van der Waals surface area contributed by atoms with Crippen LogP contribution in [0.1, 0.15) is 61.3 Å². The van der Waals surface area contributed by atoms with Crippen molar-refractivity contribution in [3.8, 4) is 0 Å². The fraction of sp³-hybridized carbons (Fsp3) is 0.714. The fourth-order valence-corrected chi connectivity index (χ4v) is 2.10. The van der Waals surface area contributed by atoms with Gasteiger partial charge in [-0.2, -0.15) is 0 Å². The van der Waals surface area contributed by atoms with E-state index in [-0.39, 0.29) is 13.1 Å². The number of nitrogens with zero attached hydrogens (tertiary/aromatic N) is 2. The molecule has 0 unspecified atom stereocenters. The van der Waals surface area contributed by atoms with Crippen LogP contribution < -0.4 is 0 Å². The van der Waals surface area contributed by atoms with E-state index in [1.807, 2.05) is 6.92 Å². The SMILES string of the molecule is C=CCCN(CC(=O)OOC(=O)CN(CCC)C(=O)OC(C)(C)C)C(=O)OC(C)(C)C. The molecule has 0 spiro atoms. The van der Waals surface area contributed by atoms with Crippen LogP contribution in [0.15, 0.2) is 12.7 Å². The molecule has 0 saturated carbocycles. The highest BCUT2D eigenvalue weighted by molar-refractivity contribution is 5.80. The Morgan fingerprint density at radius 3 is 1.48 bits per heavy atom. The van der Waals surface area contributed by atoms with Gasteiger partial charge in [0.2, 0.25) is 0 Å². The molecule has 0 rings (SSSR count). The summed E-state index contributed by atoms with van der Waals surface area (Å²) in [5.74, 6) is -1.93. The average molecular weight is 445 g/mol. The lowest BCUT2D eigenvalue weighted by Gasteiger charge is -2.26. The Morgan fingerprint density at radius 2 is 1.16 bits per heavy atom. The lowest BCUT2D eigenvalue weighted by molar-refractivity contribution is -0.259. The summed E-state index contributed by atoms with van der Waals surface area (Å²) < 4.78 is 10.5. The van der Waals surface area contributed by atoms with Crippen molar-refractivity contribution in [1.82, 2.24) is 9.80 Å². The van der Waals surface area contributed by atoms with Gasteiger partial charge in [-0.3, -0.25) is 9.80 Å². The highest BCUT2D eigenvalue weighted by atomic mass is 17.2. The number of hydrogen-bond acceptors (Lipinski definition) is 8. The first-order valence-electron chi connectivity index (χ1n) is 10.2. The van der Waals surface area contributed by atoms with Gasteiger partial charge in [-0.05, 0) is 54.4 Å². The summed E-state index contributed by atoms with van der Waals surface area (Å²) in [6.07, 6.45) is 1.20. The van der Waals surface area contributed by atoms with E-state index in [0.717, 1.165) is 9.80 Å². The summed E-state index contributed by atoms with van der Waals surface area (Å²) in [5.41, 5.74) is -1.47. The van der Waals surface area contributed by atoms with Crippen LogP contribution in [0.25, 0.3) is 0 Å². The first-order chi connectivity index (χ1) is 14.2. The van der Waals surface area contributed by atoms with Crippen LogP contribution in [-0.2, 0) is 28.8 Å². The molecule has 10 heteroatoms. The molecule has 0 aliphatic heterocycles. The van der Waals surface area contributed by atoms with E-state index >= 15 is 0 Å². The molecule has 178 valence electrons. The Hall–Kier alpha value is -2.78. The van der Waals surface area contributed by atoms with Gasteiger partial charge in [0.05, 0.1) is 0 Å². The highest BCUT2D eigenvalue weighted by Crippen LogP contribution is 2.12. The van der Waals surface area contributed by atoms with Crippen molar-refractivity contribution in [3.63, 3.8) is 0 Å². The maximum absolute atomic E-state index is 12.2. The van der Waals surface area contributed by atoms with Crippen LogP contribution in [0.5, 0.6) is 0 Å². The molecule has 0 bridgehead atoms. The Bertz CT molecular complexity index is 634. The van der Waals surface area contributed by atoms with Gasteiger partial charge in [0.25, 0.3) is 0 Å². The Labute approximate surface area is 184 Å². The van der Waals surface area contributed by atoms with E-state index in [0.29, 0.717) is 12.8 Å². The normalized spacial score (nSPS) is 11.2. The monoisotopic (exact) mass is 444 g/mol. The predicted octanol–water partition coefficient (Wildman–Crippen LogP) is 3.45. The van der Waals surface area contributed by atoms with E-state index in [4.69, 9.17) is 9.47 Å². The lowest BCUT2D eigenvalue weighted by Crippen LogP contribution is -2.42. The number of carbonyl (C=O) groups excluding carboxylic acids is 4. The fourth-order valence-electron chi connectivity index (χ4n) is 2.10. The van der Waals surface area contributed by atoms with Gasteiger partial charge in [0, 0.05) is 13.1 Å². The van der Waals surface area contributed by atoms with E-state index < -0.39 is 48.4 Å². The van der Waals surface area contributed by atoms with E-state index in [1.54, 1.807) is 47.6 Å². The molecule has 0 saturated heterocycles. The molecule has 0 aliphatic carbocycles. The summed E-state index contributed by atoms with van der Waals surface area (Å²) in [7, 11) is 0. The summed E-state index contributed by atoms with van der Waals surface area (Å²) in [5, 5.41) is 0. The average Bonchev–Trinajstić information content (AvgIpc) is 2.60. The van der Waals surface area contributed by atoms with Crippen molar-refractivity contribution >= 4 is 24.1 Å². The predicted molar refractivity (Wildman–Crippen MR) is 113 cm³/mol. The van der Waals surface area contributed by atoms with Gasteiger partial charge in [-0.15, -0.1) is 6.58 Å². The minimum absolute atomic E-state index is 0.171. The molecule has 2 amide bonds. The minimum Gasteiger partial charge on any atom is -0.444 e. The van der Waals surface area contributed by atoms with Crippen molar-refractivity contribution in [1.29, 1.82) is 0 Å². The second-order valence-electron chi connectivity index (χ2n) is 8.79. The molecule has 0 radical (unpaired) electrons. The summed E-state index contributed by atoms with van der Waals surface area (Å²) in [4.78, 5) is 59.8. The maximum atomic E-state index is 12.2. The first-order valence-corrected chi connectivity index (χ1v) is 10.2. The van der Waals surface area contributed by atoms with Crippen LogP contribution in [0, 0.1) is 0 Å². The zero-order valence-corrected chi connectivity index (χ0v) is 19.7.